The first-order chi connectivity index (χ1) is 9.25. The maximum atomic E-state index is 4.00. The topological polar surface area (TPSA) is 0 Å². The summed E-state index contributed by atoms with van der Waals surface area (Å²) in [7, 11) is 0. The molecule has 0 heteroatoms. The minimum atomic E-state index is 0.573. The van der Waals surface area contributed by atoms with Crippen LogP contribution in [-0.2, 0) is 6.42 Å². The van der Waals surface area contributed by atoms with Crippen molar-refractivity contribution in [2.24, 2.45) is 0 Å². The molecule has 96 valence electrons. The van der Waals surface area contributed by atoms with E-state index in [-0.39, 0.29) is 0 Å². The van der Waals surface area contributed by atoms with Crippen LogP contribution in [0.2, 0.25) is 0 Å². The Labute approximate surface area is 115 Å². The van der Waals surface area contributed by atoms with Gasteiger partial charge in [-0.2, -0.15) is 0 Å². The lowest BCUT2D eigenvalue weighted by Gasteiger charge is -2.26. The summed E-state index contributed by atoms with van der Waals surface area (Å²) in [5.41, 5.74) is 6.88. The van der Waals surface area contributed by atoms with E-state index >= 15 is 0 Å². The molecule has 0 heterocycles. The Balaban J connectivity index is 1.97. The largest absolute Gasteiger partial charge is 0.0955 e. The molecule has 0 bridgehead atoms. The van der Waals surface area contributed by atoms with Crippen LogP contribution in [0.1, 0.15) is 47.9 Å². The third-order valence-electron chi connectivity index (χ3n) is 4.18. The van der Waals surface area contributed by atoms with Gasteiger partial charge >= 0.3 is 0 Å². The molecule has 0 aromatic heterocycles. The van der Waals surface area contributed by atoms with E-state index in [9.17, 15) is 0 Å². The molecule has 0 radical (unpaired) electrons. The quantitative estimate of drug-likeness (QED) is 0.686. The lowest BCUT2D eigenvalue weighted by Crippen LogP contribution is -2.10. The van der Waals surface area contributed by atoms with Gasteiger partial charge in [0.15, 0.2) is 0 Å². The third kappa shape index (κ3) is 2.35. The van der Waals surface area contributed by atoms with Crippen molar-refractivity contribution < 1.29 is 0 Å². The van der Waals surface area contributed by atoms with E-state index in [2.05, 4.69) is 62.0 Å². The molecule has 2 aromatic carbocycles. The van der Waals surface area contributed by atoms with Crippen molar-refractivity contribution in [1.29, 1.82) is 0 Å². The summed E-state index contributed by atoms with van der Waals surface area (Å²) in [4.78, 5) is 0. The highest BCUT2D eigenvalue weighted by Gasteiger charge is 2.20. The number of fused-ring (bicyclic) bond motifs is 1. The van der Waals surface area contributed by atoms with Crippen LogP contribution in [-0.4, -0.2) is 0 Å². The van der Waals surface area contributed by atoms with E-state index in [1.54, 1.807) is 0 Å². The van der Waals surface area contributed by atoms with Crippen LogP contribution in [0.4, 0.5) is 0 Å². The Morgan fingerprint density at radius 2 is 1.79 bits per heavy atom. The van der Waals surface area contributed by atoms with Crippen molar-refractivity contribution in [3.8, 4) is 0 Å². The first-order valence-electron chi connectivity index (χ1n) is 7.09. The normalized spacial score (nSPS) is 17.8. The molecule has 0 amide bonds. The second kappa shape index (κ2) is 5.05. The molecule has 1 aliphatic carbocycles. The van der Waals surface area contributed by atoms with Crippen molar-refractivity contribution in [1.82, 2.24) is 0 Å². The van der Waals surface area contributed by atoms with E-state index in [4.69, 9.17) is 0 Å². The summed E-state index contributed by atoms with van der Waals surface area (Å²) in [5, 5.41) is 0. The minimum absolute atomic E-state index is 0.573. The lowest BCUT2D eigenvalue weighted by molar-refractivity contribution is 0.616. The van der Waals surface area contributed by atoms with Crippen molar-refractivity contribution in [2.45, 2.75) is 32.1 Å². The van der Waals surface area contributed by atoms with Gasteiger partial charge in [0.2, 0.25) is 0 Å². The Bertz CT molecular complexity index is 590. The van der Waals surface area contributed by atoms with Crippen LogP contribution >= 0.6 is 0 Å². The van der Waals surface area contributed by atoms with Crippen molar-refractivity contribution in [2.75, 3.05) is 0 Å². The van der Waals surface area contributed by atoms with Gasteiger partial charge in [-0.15, -0.1) is 0 Å². The Morgan fingerprint density at radius 1 is 1.05 bits per heavy atom. The standard InChI is InChI=1S/C19H20/c1-14(2)15-10-12-17(13-11-15)19-9-5-7-16-6-3-4-8-18(16)19/h3-4,6,8,10-13,19H,1,5,7,9H2,2H3. The van der Waals surface area contributed by atoms with Crippen LogP contribution in [0.3, 0.4) is 0 Å². The molecule has 3 rings (SSSR count). The monoisotopic (exact) mass is 248 g/mol. The molecule has 0 saturated heterocycles. The minimum Gasteiger partial charge on any atom is -0.0955 e. The number of rotatable bonds is 2. The SMILES string of the molecule is C=C(C)c1ccc(C2CCCc3ccccc32)cc1. The highest BCUT2D eigenvalue weighted by atomic mass is 14.2. The Hall–Kier alpha value is -1.82. The predicted molar refractivity (Wildman–Crippen MR) is 82.4 cm³/mol. The number of hydrogen-bond donors (Lipinski definition) is 0. The van der Waals surface area contributed by atoms with E-state index in [1.165, 1.54) is 41.5 Å². The Morgan fingerprint density at radius 3 is 2.53 bits per heavy atom. The zero-order valence-corrected chi connectivity index (χ0v) is 11.5. The van der Waals surface area contributed by atoms with E-state index in [1.807, 2.05) is 0 Å². The zero-order chi connectivity index (χ0) is 13.2. The lowest BCUT2D eigenvalue weighted by atomic mass is 9.79. The van der Waals surface area contributed by atoms with Gasteiger partial charge in [-0.1, -0.05) is 60.7 Å². The predicted octanol–water partition coefficient (Wildman–Crippen LogP) is 5.19. The zero-order valence-electron chi connectivity index (χ0n) is 11.5. The summed E-state index contributed by atoms with van der Waals surface area (Å²) in [6, 6.07) is 17.9. The number of hydrogen-bond acceptors (Lipinski definition) is 0. The maximum Gasteiger partial charge on any atom is 0.00921 e. The fraction of sp³-hybridized carbons (Fsp3) is 0.263. The molecular weight excluding hydrogens is 228 g/mol. The number of benzene rings is 2. The van der Waals surface area contributed by atoms with Crippen molar-refractivity contribution >= 4 is 5.57 Å². The van der Waals surface area contributed by atoms with Crippen LogP contribution in [0.15, 0.2) is 55.1 Å². The van der Waals surface area contributed by atoms with Crippen molar-refractivity contribution in [3.63, 3.8) is 0 Å². The molecule has 0 aliphatic heterocycles. The molecule has 1 unspecified atom stereocenters. The molecule has 1 aliphatic rings. The van der Waals surface area contributed by atoms with Gasteiger partial charge in [0.25, 0.3) is 0 Å². The fourth-order valence-electron chi connectivity index (χ4n) is 3.10. The highest BCUT2D eigenvalue weighted by Crippen LogP contribution is 2.36. The summed E-state index contributed by atoms with van der Waals surface area (Å²) in [6.07, 6.45) is 3.80. The molecule has 1 atom stereocenters. The molecule has 0 N–H and O–H groups in total. The third-order valence-corrected chi connectivity index (χ3v) is 4.18. The second-order valence-electron chi connectivity index (χ2n) is 5.55. The van der Waals surface area contributed by atoms with E-state index in [0.29, 0.717) is 5.92 Å². The smallest absolute Gasteiger partial charge is 0.00921 e. The molecule has 0 spiro atoms. The van der Waals surface area contributed by atoms with Crippen LogP contribution in [0.5, 0.6) is 0 Å². The Kier molecular flexibility index (Phi) is 3.25. The first kappa shape index (κ1) is 12.2. The maximum absolute atomic E-state index is 4.00. The van der Waals surface area contributed by atoms with Gasteiger partial charge in [-0.25, -0.2) is 0 Å². The summed E-state index contributed by atoms with van der Waals surface area (Å²) in [5.74, 6) is 0.573. The van der Waals surface area contributed by atoms with Gasteiger partial charge in [0.05, 0.1) is 0 Å². The van der Waals surface area contributed by atoms with Crippen molar-refractivity contribution in [3.05, 3.63) is 77.4 Å². The second-order valence-corrected chi connectivity index (χ2v) is 5.55. The summed E-state index contributed by atoms with van der Waals surface area (Å²) in [6.45, 7) is 6.06. The summed E-state index contributed by atoms with van der Waals surface area (Å²) < 4.78 is 0. The average molecular weight is 248 g/mol. The summed E-state index contributed by atoms with van der Waals surface area (Å²) >= 11 is 0. The molecule has 19 heavy (non-hydrogen) atoms. The van der Waals surface area contributed by atoms with Crippen LogP contribution < -0.4 is 0 Å². The van der Waals surface area contributed by atoms with Gasteiger partial charge in [0.1, 0.15) is 0 Å². The first-order valence-corrected chi connectivity index (χ1v) is 7.09. The molecule has 0 saturated carbocycles. The number of allylic oxidation sites excluding steroid dienone is 1. The van der Waals surface area contributed by atoms with Gasteiger partial charge in [-0.05, 0) is 48.4 Å². The van der Waals surface area contributed by atoms with Crippen LogP contribution in [0, 0.1) is 0 Å². The van der Waals surface area contributed by atoms with Crippen LogP contribution in [0.25, 0.3) is 5.57 Å². The molecule has 0 fully saturated rings. The van der Waals surface area contributed by atoms with Gasteiger partial charge in [0, 0.05) is 5.92 Å². The highest BCUT2D eigenvalue weighted by molar-refractivity contribution is 5.61. The van der Waals surface area contributed by atoms with E-state index in [0.717, 1.165) is 5.57 Å². The fourth-order valence-corrected chi connectivity index (χ4v) is 3.10. The molecular formula is C19H20. The molecule has 0 nitrogen and oxygen atoms in total. The number of aryl methyl sites for hydroxylation is 1. The van der Waals surface area contributed by atoms with Gasteiger partial charge in [-0.3, -0.25) is 0 Å². The average Bonchev–Trinajstić information content (AvgIpc) is 2.47. The van der Waals surface area contributed by atoms with E-state index < -0.39 is 0 Å². The van der Waals surface area contributed by atoms with Gasteiger partial charge < -0.3 is 0 Å². The molecule has 2 aromatic rings.